The first-order valence-electron chi connectivity index (χ1n) is 9.38. The smallest absolute Gasteiger partial charge is 0.243 e. The Morgan fingerprint density at radius 3 is 2.52 bits per heavy atom. The molecule has 1 aliphatic carbocycles. The molecule has 1 aromatic carbocycles. The van der Waals surface area contributed by atoms with Crippen LogP contribution < -0.4 is 9.47 Å². The van der Waals surface area contributed by atoms with Crippen LogP contribution in [0.5, 0.6) is 11.5 Å². The Balaban J connectivity index is 1.39. The number of rotatable bonds is 4. The van der Waals surface area contributed by atoms with Gasteiger partial charge in [-0.3, -0.25) is 4.79 Å². The number of hydrogen-bond donors (Lipinski definition) is 0. The van der Waals surface area contributed by atoms with Gasteiger partial charge in [0.2, 0.25) is 15.9 Å². The van der Waals surface area contributed by atoms with E-state index in [0.717, 1.165) is 12.8 Å². The summed E-state index contributed by atoms with van der Waals surface area (Å²) >= 11 is 0. The Bertz CT molecular complexity index is 844. The number of piperazine rings is 1. The largest absolute Gasteiger partial charge is 0.486 e. The molecule has 0 radical (unpaired) electrons. The molecule has 0 aromatic heterocycles. The highest BCUT2D eigenvalue weighted by Gasteiger charge is 2.31. The molecule has 146 valence electrons. The molecule has 1 aromatic rings. The normalized spacial score (nSPS) is 22.8. The van der Waals surface area contributed by atoms with Crippen molar-refractivity contribution < 1.29 is 22.7 Å². The zero-order chi connectivity index (χ0) is 18.9. The molecule has 1 saturated heterocycles. The minimum Gasteiger partial charge on any atom is -0.486 e. The van der Waals surface area contributed by atoms with Gasteiger partial charge >= 0.3 is 0 Å². The number of ether oxygens (including phenoxy) is 2. The first-order valence-corrected chi connectivity index (χ1v) is 10.8. The second-order valence-corrected chi connectivity index (χ2v) is 9.00. The van der Waals surface area contributed by atoms with Crippen molar-refractivity contribution in [2.24, 2.45) is 5.92 Å². The number of allylic oxidation sites excluding steroid dienone is 2. The highest BCUT2D eigenvalue weighted by molar-refractivity contribution is 7.89. The summed E-state index contributed by atoms with van der Waals surface area (Å²) in [6.45, 7) is 2.35. The zero-order valence-corrected chi connectivity index (χ0v) is 16.0. The van der Waals surface area contributed by atoms with Crippen molar-refractivity contribution in [3.05, 3.63) is 30.4 Å². The molecular formula is C19H24N2O5S. The van der Waals surface area contributed by atoms with Gasteiger partial charge in [-0.15, -0.1) is 0 Å². The van der Waals surface area contributed by atoms with Gasteiger partial charge in [0.25, 0.3) is 0 Å². The molecule has 4 rings (SSSR count). The Morgan fingerprint density at radius 2 is 1.81 bits per heavy atom. The molecule has 0 N–H and O–H groups in total. The third kappa shape index (κ3) is 3.82. The quantitative estimate of drug-likeness (QED) is 0.729. The van der Waals surface area contributed by atoms with E-state index >= 15 is 0 Å². The Labute approximate surface area is 159 Å². The summed E-state index contributed by atoms with van der Waals surface area (Å²) < 4.78 is 38.3. The lowest BCUT2D eigenvalue weighted by Gasteiger charge is -2.34. The first kappa shape index (κ1) is 18.3. The number of benzene rings is 1. The van der Waals surface area contributed by atoms with Crippen molar-refractivity contribution in [3.63, 3.8) is 0 Å². The highest BCUT2D eigenvalue weighted by atomic mass is 32.2. The number of carbonyl (C=O) groups excluding carboxylic acids is 1. The van der Waals surface area contributed by atoms with Crippen molar-refractivity contribution in [2.75, 3.05) is 39.4 Å². The second kappa shape index (κ2) is 7.52. The number of amides is 1. The van der Waals surface area contributed by atoms with Crippen LogP contribution in [0.1, 0.15) is 19.3 Å². The van der Waals surface area contributed by atoms with Gasteiger partial charge in [0, 0.05) is 38.7 Å². The van der Waals surface area contributed by atoms with Crippen molar-refractivity contribution in [1.29, 1.82) is 0 Å². The second-order valence-electron chi connectivity index (χ2n) is 7.06. The average molecular weight is 392 g/mol. The Morgan fingerprint density at radius 1 is 1.07 bits per heavy atom. The minimum absolute atomic E-state index is 0.114. The molecule has 7 nitrogen and oxygen atoms in total. The molecular weight excluding hydrogens is 368 g/mol. The molecule has 2 heterocycles. The van der Waals surface area contributed by atoms with Crippen LogP contribution in [0.2, 0.25) is 0 Å². The van der Waals surface area contributed by atoms with Crippen molar-refractivity contribution in [2.45, 2.75) is 24.2 Å². The maximum absolute atomic E-state index is 12.9. The molecule has 0 unspecified atom stereocenters. The maximum Gasteiger partial charge on any atom is 0.243 e. The van der Waals surface area contributed by atoms with Gasteiger partial charge in [-0.1, -0.05) is 12.2 Å². The number of sulfonamides is 1. The van der Waals surface area contributed by atoms with Gasteiger partial charge in [0.1, 0.15) is 13.2 Å². The predicted octanol–water partition coefficient (Wildman–Crippen LogP) is 1.65. The van der Waals surface area contributed by atoms with Crippen molar-refractivity contribution >= 4 is 15.9 Å². The predicted molar refractivity (Wildman–Crippen MR) is 99.3 cm³/mol. The van der Waals surface area contributed by atoms with Crippen LogP contribution in [0.25, 0.3) is 0 Å². The van der Waals surface area contributed by atoms with Crippen molar-refractivity contribution in [1.82, 2.24) is 9.21 Å². The summed E-state index contributed by atoms with van der Waals surface area (Å²) in [5.74, 6) is 1.47. The summed E-state index contributed by atoms with van der Waals surface area (Å²) in [4.78, 5) is 14.4. The third-order valence-electron chi connectivity index (χ3n) is 5.29. The molecule has 2 aliphatic heterocycles. The lowest BCUT2D eigenvalue weighted by Crippen LogP contribution is -2.50. The van der Waals surface area contributed by atoms with E-state index in [1.807, 2.05) is 0 Å². The van der Waals surface area contributed by atoms with E-state index < -0.39 is 10.0 Å². The monoisotopic (exact) mass is 392 g/mol. The van der Waals surface area contributed by atoms with Crippen LogP contribution in [-0.4, -0.2) is 62.9 Å². The fourth-order valence-corrected chi connectivity index (χ4v) is 5.17. The standard InChI is InChI=1S/C19H24N2O5S/c22-19(13-15-3-1-2-4-15)20-7-9-21(10-8-20)27(23,24)16-5-6-17-18(14-16)26-12-11-25-17/h1,3,5-6,14-15H,2,4,7-13H2/t15-/m1/s1. The highest BCUT2D eigenvalue weighted by Crippen LogP contribution is 2.33. The van der Waals surface area contributed by atoms with E-state index in [0.29, 0.717) is 63.2 Å². The fraction of sp³-hybridized carbons (Fsp3) is 0.526. The Hall–Kier alpha value is -2.06. The third-order valence-corrected chi connectivity index (χ3v) is 7.19. The lowest BCUT2D eigenvalue weighted by atomic mass is 10.0. The molecule has 8 heteroatoms. The molecule has 1 fully saturated rings. The van der Waals surface area contributed by atoms with E-state index in [2.05, 4.69) is 12.2 Å². The van der Waals surface area contributed by atoms with Crippen LogP contribution in [0, 0.1) is 5.92 Å². The first-order chi connectivity index (χ1) is 13.0. The summed E-state index contributed by atoms with van der Waals surface area (Å²) in [6.07, 6.45) is 6.82. The Kier molecular flexibility index (Phi) is 5.10. The van der Waals surface area contributed by atoms with Crippen LogP contribution >= 0.6 is 0 Å². The van der Waals surface area contributed by atoms with E-state index in [9.17, 15) is 13.2 Å². The maximum atomic E-state index is 12.9. The molecule has 27 heavy (non-hydrogen) atoms. The van der Waals surface area contributed by atoms with Gasteiger partial charge in [-0.2, -0.15) is 4.31 Å². The lowest BCUT2D eigenvalue weighted by molar-refractivity contribution is -0.133. The topological polar surface area (TPSA) is 76.2 Å². The zero-order valence-electron chi connectivity index (χ0n) is 15.2. The SMILES string of the molecule is O=C(C[C@@H]1C=CCC1)N1CCN(S(=O)(=O)c2ccc3c(c2)OCCO3)CC1. The number of nitrogens with zero attached hydrogens (tertiary/aromatic N) is 2. The van der Waals surface area contributed by atoms with Gasteiger partial charge in [-0.25, -0.2) is 8.42 Å². The van der Waals surface area contributed by atoms with E-state index in [1.54, 1.807) is 17.0 Å². The molecule has 1 amide bonds. The molecule has 1 atom stereocenters. The number of fused-ring (bicyclic) bond motifs is 1. The summed E-state index contributed by atoms with van der Waals surface area (Å²) in [5, 5.41) is 0. The number of carbonyl (C=O) groups is 1. The van der Waals surface area contributed by atoms with E-state index in [-0.39, 0.29) is 10.8 Å². The fourth-order valence-electron chi connectivity index (χ4n) is 3.73. The van der Waals surface area contributed by atoms with Crippen LogP contribution in [-0.2, 0) is 14.8 Å². The van der Waals surface area contributed by atoms with Crippen LogP contribution in [0.3, 0.4) is 0 Å². The minimum atomic E-state index is -3.62. The number of hydrogen-bond acceptors (Lipinski definition) is 5. The molecule has 0 bridgehead atoms. The summed E-state index contributed by atoms with van der Waals surface area (Å²) in [7, 11) is -3.62. The van der Waals surface area contributed by atoms with Gasteiger partial charge in [0.05, 0.1) is 4.90 Å². The van der Waals surface area contributed by atoms with Crippen LogP contribution in [0.4, 0.5) is 0 Å². The van der Waals surface area contributed by atoms with Gasteiger partial charge in [0.15, 0.2) is 11.5 Å². The summed E-state index contributed by atoms with van der Waals surface area (Å²) in [6, 6.07) is 4.71. The summed E-state index contributed by atoms with van der Waals surface area (Å²) in [5.41, 5.74) is 0. The molecule has 3 aliphatic rings. The van der Waals surface area contributed by atoms with Gasteiger partial charge < -0.3 is 14.4 Å². The average Bonchev–Trinajstić information content (AvgIpc) is 3.20. The van der Waals surface area contributed by atoms with E-state index in [1.165, 1.54) is 10.4 Å². The van der Waals surface area contributed by atoms with Gasteiger partial charge in [-0.05, 0) is 30.9 Å². The molecule has 0 spiro atoms. The van der Waals surface area contributed by atoms with Crippen LogP contribution in [0.15, 0.2) is 35.2 Å². The van der Waals surface area contributed by atoms with E-state index in [4.69, 9.17) is 9.47 Å². The molecule has 0 saturated carbocycles. The van der Waals surface area contributed by atoms with Crippen molar-refractivity contribution in [3.8, 4) is 11.5 Å².